The van der Waals surface area contributed by atoms with E-state index in [1.54, 1.807) is 6.33 Å². The lowest BCUT2D eigenvalue weighted by molar-refractivity contribution is 0.828. The molecule has 1 N–H and O–H groups in total. The Balaban J connectivity index is 2.55. The molecule has 5 nitrogen and oxygen atoms in total. The summed E-state index contributed by atoms with van der Waals surface area (Å²) in [5.74, 6) is 1.68. The van der Waals surface area contributed by atoms with Crippen LogP contribution in [0.5, 0.6) is 0 Å². The summed E-state index contributed by atoms with van der Waals surface area (Å²) in [6.07, 6.45) is 4.34. The Morgan fingerprint density at radius 2 is 2.29 bits per heavy atom. The highest BCUT2D eigenvalue weighted by molar-refractivity contribution is 5.47. The largest absolute Gasteiger partial charge is 0.370 e. The maximum atomic E-state index is 8.54. The number of nitrogens with zero attached hydrogens (tertiary/aromatic N) is 4. The molecule has 1 rings (SSSR count). The van der Waals surface area contributed by atoms with Crippen molar-refractivity contribution in [3.63, 3.8) is 0 Å². The second-order valence-electron chi connectivity index (χ2n) is 3.87. The van der Waals surface area contributed by atoms with E-state index in [4.69, 9.17) is 5.26 Å². The molecule has 1 heterocycles. The number of nitriles is 1. The summed E-state index contributed by atoms with van der Waals surface area (Å²) in [6.45, 7) is 3.76. The summed E-state index contributed by atoms with van der Waals surface area (Å²) >= 11 is 0. The van der Waals surface area contributed by atoms with E-state index < -0.39 is 0 Å². The number of anilines is 2. The second-order valence-corrected chi connectivity index (χ2v) is 3.87. The van der Waals surface area contributed by atoms with E-state index in [0.29, 0.717) is 13.0 Å². The van der Waals surface area contributed by atoms with Gasteiger partial charge in [0.05, 0.1) is 12.5 Å². The Morgan fingerprint density at radius 1 is 1.47 bits per heavy atom. The quantitative estimate of drug-likeness (QED) is 0.730. The predicted molar refractivity (Wildman–Crippen MR) is 68.9 cm³/mol. The topological polar surface area (TPSA) is 64.8 Å². The summed E-state index contributed by atoms with van der Waals surface area (Å²) in [7, 11) is 1.93. The molecule has 0 saturated heterocycles. The van der Waals surface area contributed by atoms with E-state index in [9.17, 15) is 0 Å². The number of hydrogen-bond acceptors (Lipinski definition) is 5. The summed E-state index contributed by atoms with van der Waals surface area (Å²) in [5, 5.41) is 11.8. The number of aromatic nitrogens is 2. The Morgan fingerprint density at radius 3 is 3.00 bits per heavy atom. The first-order chi connectivity index (χ1) is 8.27. The van der Waals surface area contributed by atoms with Gasteiger partial charge in [-0.2, -0.15) is 5.26 Å². The van der Waals surface area contributed by atoms with Crippen LogP contribution in [0.25, 0.3) is 0 Å². The van der Waals surface area contributed by atoms with Gasteiger partial charge >= 0.3 is 0 Å². The van der Waals surface area contributed by atoms with Crippen molar-refractivity contribution in [2.45, 2.75) is 26.2 Å². The lowest BCUT2D eigenvalue weighted by atomic mass is 10.3. The van der Waals surface area contributed by atoms with Gasteiger partial charge in [-0.3, -0.25) is 0 Å². The molecular formula is C12H19N5. The van der Waals surface area contributed by atoms with Gasteiger partial charge in [0.1, 0.15) is 18.0 Å². The zero-order valence-electron chi connectivity index (χ0n) is 10.5. The Kier molecular flexibility index (Phi) is 5.80. The van der Waals surface area contributed by atoms with Gasteiger partial charge in [0.2, 0.25) is 0 Å². The van der Waals surface area contributed by atoms with E-state index in [0.717, 1.165) is 31.0 Å². The minimum atomic E-state index is 0.499. The van der Waals surface area contributed by atoms with Gasteiger partial charge in [0, 0.05) is 26.2 Å². The van der Waals surface area contributed by atoms with Crippen molar-refractivity contribution < 1.29 is 0 Å². The molecule has 0 saturated carbocycles. The van der Waals surface area contributed by atoms with E-state index in [2.05, 4.69) is 28.3 Å². The van der Waals surface area contributed by atoms with Crippen LogP contribution in [0.1, 0.15) is 26.2 Å². The van der Waals surface area contributed by atoms with Gasteiger partial charge in [-0.1, -0.05) is 13.3 Å². The SMILES string of the molecule is CCCCNc1cc(N(C)CCC#N)ncn1. The van der Waals surface area contributed by atoms with E-state index >= 15 is 0 Å². The molecule has 1 aromatic rings. The van der Waals surface area contributed by atoms with Crippen LogP contribution in [0.3, 0.4) is 0 Å². The molecule has 0 aliphatic rings. The van der Waals surface area contributed by atoms with E-state index in [1.165, 1.54) is 0 Å². The summed E-state index contributed by atoms with van der Waals surface area (Å²) in [6, 6.07) is 4.03. The number of hydrogen-bond donors (Lipinski definition) is 1. The third kappa shape index (κ3) is 4.68. The van der Waals surface area contributed by atoms with Crippen molar-refractivity contribution >= 4 is 11.6 Å². The third-order valence-electron chi connectivity index (χ3n) is 2.44. The third-order valence-corrected chi connectivity index (χ3v) is 2.44. The summed E-state index contributed by atoms with van der Waals surface area (Å²) in [4.78, 5) is 10.3. The number of rotatable bonds is 7. The van der Waals surface area contributed by atoms with Crippen LogP contribution in [0, 0.1) is 11.3 Å². The first-order valence-electron chi connectivity index (χ1n) is 5.92. The van der Waals surface area contributed by atoms with Crippen molar-refractivity contribution in [3.8, 4) is 6.07 Å². The van der Waals surface area contributed by atoms with Crippen molar-refractivity contribution in [1.29, 1.82) is 5.26 Å². The summed E-state index contributed by atoms with van der Waals surface area (Å²) < 4.78 is 0. The molecule has 0 radical (unpaired) electrons. The Hall–Kier alpha value is -1.83. The van der Waals surface area contributed by atoms with Gasteiger partial charge in [-0.05, 0) is 6.42 Å². The minimum absolute atomic E-state index is 0.499. The smallest absolute Gasteiger partial charge is 0.133 e. The zero-order chi connectivity index (χ0) is 12.5. The van der Waals surface area contributed by atoms with Crippen molar-refractivity contribution in [2.24, 2.45) is 0 Å². The first kappa shape index (κ1) is 13.2. The lowest BCUT2D eigenvalue weighted by Crippen LogP contribution is -2.19. The Labute approximate surface area is 102 Å². The second kappa shape index (κ2) is 7.44. The molecule has 0 unspecified atom stereocenters. The molecular weight excluding hydrogens is 214 g/mol. The molecule has 0 fully saturated rings. The highest BCUT2D eigenvalue weighted by Crippen LogP contribution is 2.12. The molecule has 5 heteroatoms. The fraction of sp³-hybridized carbons (Fsp3) is 0.583. The van der Waals surface area contributed by atoms with Crippen LogP contribution >= 0.6 is 0 Å². The fourth-order valence-electron chi connectivity index (χ4n) is 1.38. The van der Waals surface area contributed by atoms with Gasteiger partial charge in [-0.25, -0.2) is 9.97 Å². The first-order valence-corrected chi connectivity index (χ1v) is 5.92. The highest BCUT2D eigenvalue weighted by Gasteiger charge is 2.03. The summed E-state index contributed by atoms with van der Waals surface area (Å²) in [5.41, 5.74) is 0. The van der Waals surface area contributed by atoms with E-state index in [1.807, 2.05) is 18.0 Å². The normalized spacial score (nSPS) is 9.71. The molecule has 0 bridgehead atoms. The maximum absolute atomic E-state index is 8.54. The average Bonchev–Trinajstić information content (AvgIpc) is 2.36. The molecule has 92 valence electrons. The lowest BCUT2D eigenvalue weighted by Gasteiger charge is -2.16. The average molecular weight is 233 g/mol. The van der Waals surface area contributed by atoms with Crippen LogP contribution < -0.4 is 10.2 Å². The van der Waals surface area contributed by atoms with Crippen LogP contribution in [0.4, 0.5) is 11.6 Å². The molecule has 0 aromatic carbocycles. The molecule has 0 spiro atoms. The fourth-order valence-corrected chi connectivity index (χ4v) is 1.38. The molecule has 0 aliphatic carbocycles. The molecule has 0 aliphatic heterocycles. The molecule has 0 amide bonds. The van der Waals surface area contributed by atoms with Gasteiger partial charge in [0.25, 0.3) is 0 Å². The van der Waals surface area contributed by atoms with Gasteiger partial charge in [0.15, 0.2) is 0 Å². The van der Waals surface area contributed by atoms with Crippen LogP contribution in [0.15, 0.2) is 12.4 Å². The highest BCUT2D eigenvalue weighted by atomic mass is 15.2. The van der Waals surface area contributed by atoms with Crippen molar-refractivity contribution in [3.05, 3.63) is 12.4 Å². The standard InChI is InChI=1S/C12H19N5/c1-3-4-7-14-11-9-12(16-10-15-11)17(2)8-5-6-13/h9-10H,3-5,7-8H2,1-2H3,(H,14,15,16). The van der Waals surface area contributed by atoms with Crippen LogP contribution in [0.2, 0.25) is 0 Å². The van der Waals surface area contributed by atoms with Crippen LogP contribution in [-0.4, -0.2) is 30.1 Å². The maximum Gasteiger partial charge on any atom is 0.133 e. The van der Waals surface area contributed by atoms with Gasteiger partial charge < -0.3 is 10.2 Å². The number of unbranched alkanes of at least 4 members (excludes halogenated alkanes) is 1. The van der Waals surface area contributed by atoms with E-state index in [-0.39, 0.29) is 0 Å². The van der Waals surface area contributed by atoms with Crippen molar-refractivity contribution in [1.82, 2.24) is 9.97 Å². The molecule has 1 aromatic heterocycles. The number of nitrogens with one attached hydrogen (secondary N) is 1. The zero-order valence-corrected chi connectivity index (χ0v) is 10.5. The minimum Gasteiger partial charge on any atom is -0.370 e. The van der Waals surface area contributed by atoms with Crippen LogP contribution in [-0.2, 0) is 0 Å². The monoisotopic (exact) mass is 233 g/mol. The molecule has 0 atom stereocenters. The predicted octanol–water partition coefficient (Wildman–Crippen LogP) is 2.04. The van der Waals surface area contributed by atoms with Crippen molar-refractivity contribution in [2.75, 3.05) is 30.4 Å². The Bertz CT molecular complexity index is 371. The van der Waals surface area contributed by atoms with Gasteiger partial charge in [-0.15, -0.1) is 0 Å². The molecule has 17 heavy (non-hydrogen) atoms.